The van der Waals surface area contributed by atoms with Gasteiger partial charge in [-0.25, -0.2) is 14.4 Å². The fourth-order valence-corrected chi connectivity index (χ4v) is 3.06. The van der Waals surface area contributed by atoms with Gasteiger partial charge in [-0.1, -0.05) is 26.0 Å². The van der Waals surface area contributed by atoms with Crippen LogP contribution in [-0.2, 0) is 12.8 Å². The summed E-state index contributed by atoms with van der Waals surface area (Å²) in [6.45, 7) is 4.42. The largest absolute Gasteiger partial charge is 0.324 e. The van der Waals surface area contributed by atoms with Gasteiger partial charge in [0.2, 0.25) is 0 Å². The molecule has 1 unspecified atom stereocenters. The number of benzene rings is 1. The topological polar surface area (TPSA) is 51.8 Å². The molecule has 1 aromatic carbocycles. The van der Waals surface area contributed by atoms with E-state index in [1.807, 2.05) is 12.3 Å². The van der Waals surface area contributed by atoms with Crippen LogP contribution in [0.25, 0.3) is 0 Å². The Balaban J connectivity index is 1.89. The first-order valence-electron chi connectivity index (χ1n) is 7.28. The summed E-state index contributed by atoms with van der Waals surface area (Å²) in [4.78, 5) is 9.07. The molecule has 2 N–H and O–H groups in total. The van der Waals surface area contributed by atoms with E-state index in [1.54, 1.807) is 6.07 Å². The van der Waals surface area contributed by atoms with E-state index in [0.717, 1.165) is 35.5 Å². The van der Waals surface area contributed by atoms with Crippen LogP contribution in [-0.4, -0.2) is 9.97 Å². The quantitative estimate of drug-likeness (QED) is 0.922. The van der Waals surface area contributed by atoms with Crippen molar-refractivity contribution in [2.45, 2.75) is 39.2 Å². The van der Waals surface area contributed by atoms with Crippen LogP contribution in [0.5, 0.6) is 0 Å². The second-order valence-corrected chi connectivity index (χ2v) is 6.65. The highest BCUT2D eigenvalue weighted by Crippen LogP contribution is 2.38. The van der Waals surface area contributed by atoms with Crippen molar-refractivity contribution < 1.29 is 4.39 Å². The lowest BCUT2D eigenvalue weighted by molar-refractivity contribution is 0.277. The molecule has 0 fully saturated rings. The Morgan fingerprint density at radius 3 is 2.95 bits per heavy atom. The molecular weight excluding hydrogens is 265 g/mol. The van der Waals surface area contributed by atoms with E-state index in [0.29, 0.717) is 6.42 Å². The Bertz CT molecular complexity index is 667. The van der Waals surface area contributed by atoms with Crippen molar-refractivity contribution in [1.82, 2.24) is 9.97 Å². The van der Waals surface area contributed by atoms with E-state index in [4.69, 9.17) is 5.73 Å². The van der Waals surface area contributed by atoms with E-state index in [-0.39, 0.29) is 17.3 Å². The second-order valence-electron chi connectivity index (χ2n) is 6.65. The van der Waals surface area contributed by atoms with Crippen LogP contribution in [0.15, 0.2) is 30.5 Å². The zero-order valence-electron chi connectivity index (χ0n) is 12.4. The van der Waals surface area contributed by atoms with Gasteiger partial charge in [0.05, 0.1) is 0 Å². The standard InChI is InChI=1S/C17H20FN3/c1-17(2)8-14(19)13-10-20-16(21-15(13)9-17)7-11-4-3-5-12(18)6-11/h3-6,10,14H,7-9,19H2,1-2H3. The number of nitrogens with two attached hydrogens (primary N) is 1. The maximum Gasteiger partial charge on any atom is 0.132 e. The molecule has 3 nitrogen and oxygen atoms in total. The molecule has 0 amide bonds. The van der Waals surface area contributed by atoms with Crippen LogP contribution in [0.2, 0.25) is 0 Å². The van der Waals surface area contributed by atoms with Crippen LogP contribution >= 0.6 is 0 Å². The van der Waals surface area contributed by atoms with E-state index in [9.17, 15) is 4.39 Å². The fraction of sp³-hybridized carbons (Fsp3) is 0.412. The van der Waals surface area contributed by atoms with Crippen molar-refractivity contribution in [2.75, 3.05) is 0 Å². The van der Waals surface area contributed by atoms with Crippen LogP contribution in [0.1, 0.15) is 49.0 Å². The predicted octanol–water partition coefficient (Wildman–Crippen LogP) is 3.18. The number of aromatic nitrogens is 2. The minimum atomic E-state index is -0.228. The number of fused-ring (bicyclic) bond motifs is 1. The third-order valence-corrected chi connectivity index (χ3v) is 4.02. The van der Waals surface area contributed by atoms with E-state index in [1.165, 1.54) is 12.1 Å². The monoisotopic (exact) mass is 285 g/mol. The molecule has 1 aromatic heterocycles. The van der Waals surface area contributed by atoms with Crippen molar-refractivity contribution in [2.24, 2.45) is 11.1 Å². The van der Waals surface area contributed by atoms with Gasteiger partial charge in [-0.3, -0.25) is 0 Å². The molecule has 1 heterocycles. The molecule has 0 radical (unpaired) electrons. The molecule has 1 aliphatic carbocycles. The van der Waals surface area contributed by atoms with E-state index in [2.05, 4.69) is 23.8 Å². The molecule has 0 saturated carbocycles. The minimum absolute atomic E-state index is 0.00645. The van der Waals surface area contributed by atoms with Crippen LogP contribution in [0, 0.1) is 11.2 Å². The van der Waals surface area contributed by atoms with Gasteiger partial charge in [0, 0.05) is 29.9 Å². The summed E-state index contributed by atoms with van der Waals surface area (Å²) < 4.78 is 13.2. The minimum Gasteiger partial charge on any atom is -0.324 e. The molecule has 0 spiro atoms. The van der Waals surface area contributed by atoms with Crippen molar-refractivity contribution in [3.05, 3.63) is 58.9 Å². The third kappa shape index (κ3) is 3.10. The molecule has 3 rings (SSSR count). The number of nitrogens with zero attached hydrogens (tertiary/aromatic N) is 2. The molecule has 21 heavy (non-hydrogen) atoms. The zero-order chi connectivity index (χ0) is 15.0. The van der Waals surface area contributed by atoms with Crippen LogP contribution in [0.4, 0.5) is 4.39 Å². The Hall–Kier alpha value is -1.81. The van der Waals surface area contributed by atoms with Gasteiger partial charge in [-0.15, -0.1) is 0 Å². The molecule has 0 saturated heterocycles. The highest BCUT2D eigenvalue weighted by Gasteiger charge is 2.31. The van der Waals surface area contributed by atoms with Gasteiger partial charge < -0.3 is 5.73 Å². The molecule has 2 aromatic rings. The van der Waals surface area contributed by atoms with E-state index < -0.39 is 0 Å². The van der Waals surface area contributed by atoms with Crippen molar-refractivity contribution >= 4 is 0 Å². The van der Waals surface area contributed by atoms with Crippen molar-refractivity contribution in [1.29, 1.82) is 0 Å². The maximum absolute atomic E-state index is 13.2. The molecule has 110 valence electrons. The molecule has 0 aliphatic heterocycles. The third-order valence-electron chi connectivity index (χ3n) is 4.02. The Labute approximate surface area is 124 Å². The first kappa shape index (κ1) is 14.1. The van der Waals surface area contributed by atoms with Gasteiger partial charge in [0.25, 0.3) is 0 Å². The Kier molecular flexibility index (Phi) is 3.49. The zero-order valence-corrected chi connectivity index (χ0v) is 12.4. The van der Waals surface area contributed by atoms with Crippen LogP contribution in [0.3, 0.4) is 0 Å². The number of hydrogen-bond donors (Lipinski definition) is 1. The SMILES string of the molecule is CC1(C)Cc2nc(Cc3cccc(F)c3)ncc2C(N)C1. The average Bonchev–Trinajstić information content (AvgIpc) is 2.36. The summed E-state index contributed by atoms with van der Waals surface area (Å²) >= 11 is 0. The molecular formula is C17H20FN3. The summed E-state index contributed by atoms with van der Waals surface area (Å²) in [6.07, 6.45) is 4.25. The maximum atomic E-state index is 13.2. The summed E-state index contributed by atoms with van der Waals surface area (Å²) in [5.74, 6) is 0.498. The van der Waals surface area contributed by atoms with Gasteiger partial charge >= 0.3 is 0 Å². The first-order chi connectivity index (χ1) is 9.93. The predicted molar refractivity (Wildman–Crippen MR) is 80.3 cm³/mol. The highest BCUT2D eigenvalue weighted by atomic mass is 19.1. The summed E-state index contributed by atoms with van der Waals surface area (Å²) in [7, 11) is 0. The number of hydrogen-bond acceptors (Lipinski definition) is 3. The van der Waals surface area contributed by atoms with Gasteiger partial charge in [-0.2, -0.15) is 0 Å². The van der Waals surface area contributed by atoms with Gasteiger partial charge in [0.1, 0.15) is 11.6 Å². The smallest absolute Gasteiger partial charge is 0.132 e. The van der Waals surface area contributed by atoms with Gasteiger partial charge in [0.15, 0.2) is 0 Å². The van der Waals surface area contributed by atoms with Crippen molar-refractivity contribution in [3.8, 4) is 0 Å². The summed E-state index contributed by atoms with van der Waals surface area (Å²) in [6, 6.07) is 6.58. The lowest BCUT2D eigenvalue weighted by atomic mass is 9.74. The summed E-state index contributed by atoms with van der Waals surface area (Å²) in [5, 5.41) is 0. The Morgan fingerprint density at radius 1 is 1.38 bits per heavy atom. The van der Waals surface area contributed by atoms with Crippen LogP contribution < -0.4 is 5.73 Å². The lowest BCUT2D eigenvalue weighted by Gasteiger charge is -2.34. The van der Waals surface area contributed by atoms with Gasteiger partial charge in [-0.05, 0) is 36.0 Å². The van der Waals surface area contributed by atoms with E-state index >= 15 is 0 Å². The lowest BCUT2D eigenvalue weighted by Crippen LogP contribution is -2.31. The van der Waals surface area contributed by atoms with Crippen molar-refractivity contribution in [3.63, 3.8) is 0 Å². The average molecular weight is 285 g/mol. The summed E-state index contributed by atoms with van der Waals surface area (Å²) in [5.41, 5.74) is 9.36. The number of rotatable bonds is 2. The highest BCUT2D eigenvalue weighted by molar-refractivity contribution is 5.28. The Morgan fingerprint density at radius 2 is 2.19 bits per heavy atom. The molecule has 1 aliphatic rings. The fourth-order valence-electron chi connectivity index (χ4n) is 3.06. The first-order valence-corrected chi connectivity index (χ1v) is 7.28. The molecule has 4 heteroatoms. The molecule has 1 atom stereocenters. The molecule has 0 bridgehead atoms. The number of halogens is 1. The second kappa shape index (κ2) is 5.19. The normalized spacial score (nSPS) is 20.1.